The van der Waals surface area contributed by atoms with Gasteiger partial charge in [-0.2, -0.15) is 0 Å². The first-order valence-electron chi connectivity index (χ1n) is 6.28. The number of nitrogens with one attached hydrogen (secondary N) is 1. The van der Waals surface area contributed by atoms with Gasteiger partial charge in [0.2, 0.25) is 5.91 Å². The monoisotopic (exact) mass is 311 g/mol. The van der Waals surface area contributed by atoms with E-state index in [1.807, 2.05) is 12.1 Å². The Labute approximate surface area is 115 Å². The highest BCUT2D eigenvalue weighted by atomic mass is 79.9. The Balaban J connectivity index is 1.75. The van der Waals surface area contributed by atoms with Crippen LogP contribution in [0, 0.1) is 5.92 Å². The van der Waals surface area contributed by atoms with Crippen LogP contribution >= 0.6 is 15.9 Å². The van der Waals surface area contributed by atoms with Gasteiger partial charge in [0.05, 0.1) is 5.69 Å². The van der Waals surface area contributed by atoms with E-state index in [2.05, 4.69) is 26.2 Å². The maximum atomic E-state index is 11.1. The molecule has 2 rings (SSSR count). The molecule has 3 N–H and O–H groups in total. The highest BCUT2D eigenvalue weighted by Gasteiger charge is 2.24. The molecule has 1 aliphatic rings. The first-order valence-corrected chi connectivity index (χ1v) is 7.07. The Bertz CT molecular complexity index is 399. The van der Waals surface area contributed by atoms with E-state index in [-0.39, 0.29) is 11.8 Å². The Kier molecular flexibility index (Phi) is 4.72. The molecule has 1 aromatic rings. The van der Waals surface area contributed by atoms with Gasteiger partial charge in [-0.05, 0) is 53.7 Å². The number of hydrogen-bond acceptors (Lipinski definition) is 3. The molecule has 0 aliphatic heterocycles. The fourth-order valence-corrected chi connectivity index (χ4v) is 2.58. The van der Waals surface area contributed by atoms with Crippen LogP contribution in [0.25, 0.3) is 0 Å². The Morgan fingerprint density at radius 2 is 2.11 bits per heavy atom. The molecule has 1 aliphatic carbocycles. The van der Waals surface area contributed by atoms with Crippen molar-refractivity contribution in [1.29, 1.82) is 0 Å². The van der Waals surface area contributed by atoms with Gasteiger partial charge in [0, 0.05) is 29.2 Å². The number of nitrogens with zero attached hydrogens (tertiary/aromatic N) is 1. The predicted molar refractivity (Wildman–Crippen MR) is 73.7 cm³/mol. The van der Waals surface area contributed by atoms with E-state index in [0.717, 1.165) is 42.4 Å². The lowest BCUT2D eigenvalue weighted by Crippen LogP contribution is -2.36. The highest BCUT2D eigenvalue weighted by Crippen LogP contribution is 2.24. The summed E-state index contributed by atoms with van der Waals surface area (Å²) in [5.41, 5.74) is 6.36. The molecule has 0 bridgehead atoms. The summed E-state index contributed by atoms with van der Waals surface area (Å²) in [6.07, 6.45) is 5.65. The van der Waals surface area contributed by atoms with Crippen LogP contribution in [-0.4, -0.2) is 16.9 Å². The van der Waals surface area contributed by atoms with Crippen LogP contribution in [0.3, 0.4) is 0 Å². The molecule has 1 heterocycles. The Morgan fingerprint density at radius 3 is 2.67 bits per heavy atom. The number of pyridine rings is 1. The number of amides is 1. The lowest BCUT2D eigenvalue weighted by molar-refractivity contribution is -0.122. The highest BCUT2D eigenvalue weighted by molar-refractivity contribution is 9.10. The van der Waals surface area contributed by atoms with Crippen LogP contribution in [-0.2, 0) is 11.3 Å². The lowest BCUT2D eigenvalue weighted by Gasteiger charge is -2.27. The van der Waals surface area contributed by atoms with Crippen molar-refractivity contribution < 1.29 is 4.79 Å². The average molecular weight is 312 g/mol. The molecule has 5 heteroatoms. The van der Waals surface area contributed by atoms with Gasteiger partial charge in [0.1, 0.15) is 0 Å². The maximum absolute atomic E-state index is 11.1. The third kappa shape index (κ3) is 3.78. The van der Waals surface area contributed by atoms with Crippen molar-refractivity contribution in [3.63, 3.8) is 0 Å². The van der Waals surface area contributed by atoms with Gasteiger partial charge >= 0.3 is 0 Å². The van der Waals surface area contributed by atoms with Crippen molar-refractivity contribution in [3.8, 4) is 0 Å². The van der Waals surface area contributed by atoms with Crippen molar-refractivity contribution in [2.45, 2.75) is 38.3 Å². The Morgan fingerprint density at radius 1 is 1.39 bits per heavy atom. The molecule has 0 radical (unpaired) electrons. The number of rotatable bonds is 4. The number of aromatic nitrogens is 1. The number of primary amides is 1. The Hall–Kier alpha value is -0.940. The van der Waals surface area contributed by atoms with Crippen LogP contribution in [0.5, 0.6) is 0 Å². The molecule has 0 aromatic carbocycles. The standard InChI is InChI=1S/C13H18BrN3O/c14-10-3-6-12(16-7-10)8-17-11-4-1-9(2-5-11)13(15)18/h3,6-7,9,11,17H,1-2,4-5,8H2,(H2,15,18). The van der Waals surface area contributed by atoms with Crippen LogP contribution in [0.2, 0.25) is 0 Å². The summed E-state index contributed by atoms with van der Waals surface area (Å²) in [4.78, 5) is 15.4. The molecule has 98 valence electrons. The van der Waals surface area contributed by atoms with Gasteiger partial charge in [-0.1, -0.05) is 0 Å². The third-order valence-electron chi connectivity index (χ3n) is 3.49. The molecule has 0 spiro atoms. The predicted octanol–water partition coefficient (Wildman–Crippen LogP) is 1.98. The number of halogens is 1. The zero-order valence-corrected chi connectivity index (χ0v) is 11.8. The zero-order valence-electron chi connectivity index (χ0n) is 10.2. The largest absolute Gasteiger partial charge is 0.369 e. The molecular weight excluding hydrogens is 294 g/mol. The fourth-order valence-electron chi connectivity index (χ4n) is 2.34. The summed E-state index contributed by atoms with van der Waals surface area (Å²) < 4.78 is 0.994. The van der Waals surface area contributed by atoms with Crippen LogP contribution in [0.4, 0.5) is 0 Å². The van der Waals surface area contributed by atoms with Crippen molar-refractivity contribution in [1.82, 2.24) is 10.3 Å². The lowest BCUT2D eigenvalue weighted by atomic mass is 9.85. The number of carbonyl (C=O) groups is 1. The van der Waals surface area contributed by atoms with Gasteiger partial charge < -0.3 is 11.1 Å². The second kappa shape index (κ2) is 6.29. The van der Waals surface area contributed by atoms with Crippen molar-refractivity contribution >= 4 is 21.8 Å². The van der Waals surface area contributed by atoms with E-state index in [1.165, 1.54) is 0 Å². The minimum atomic E-state index is -0.150. The second-order valence-electron chi connectivity index (χ2n) is 4.80. The van der Waals surface area contributed by atoms with E-state index in [9.17, 15) is 4.79 Å². The second-order valence-corrected chi connectivity index (χ2v) is 5.72. The number of hydrogen-bond donors (Lipinski definition) is 2. The van der Waals surface area contributed by atoms with E-state index >= 15 is 0 Å². The summed E-state index contributed by atoms with van der Waals surface area (Å²) in [7, 11) is 0. The maximum Gasteiger partial charge on any atom is 0.220 e. The van der Waals surface area contributed by atoms with Gasteiger partial charge in [-0.3, -0.25) is 9.78 Å². The SMILES string of the molecule is NC(=O)C1CCC(NCc2ccc(Br)cn2)CC1. The molecule has 1 amide bonds. The minimum Gasteiger partial charge on any atom is -0.369 e. The van der Waals surface area contributed by atoms with Crippen LogP contribution < -0.4 is 11.1 Å². The first-order chi connectivity index (χ1) is 8.65. The topological polar surface area (TPSA) is 68.0 Å². The first kappa shape index (κ1) is 13.5. The molecule has 1 fully saturated rings. The fraction of sp³-hybridized carbons (Fsp3) is 0.538. The molecular formula is C13H18BrN3O. The zero-order chi connectivity index (χ0) is 13.0. The van der Waals surface area contributed by atoms with E-state index < -0.39 is 0 Å². The van der Waals surface area contributed by atoms with E-state index in [4.69, 9.17) is 5.73 Å². The summed E-state index contributed by atoms with van der Waals surface area (Å²) in [5.74, 6) is -0.0723. The van der Waals surface area contributed by atoms with Crippen LogP contribution in [0.15, 0.2) is 22.8 Å². The number of carbonyl (C=O) groups excluding carboxylic acids is 1. The van der Waals surface area contributed by atoms with Gasteiger partial charge in [-0.15, -0.1) is 0 Å². The van der Waals surface area contributed by atoms with E-state index in [1.54, 1.807) is 6.20 Å². The summed E-state index contributed by atoms with van der Waals surface area (Å²) in [6, 6.07) is 4.48. The molecule has 18 heavy (non-hydrogen) atoms. The normalized spacial score (nSPS) is 23.8. The van der Waals surface area contributed by atoms with Crippen molar-refractivity contribution in [2.24, 2.45) is 11.7 Å². The van der Waals surface area contributed by atoms with Gasteiger partial charge in [0.25, 0.3) is 0 Å². The summed E-state index contributed by atoms with van der Waals surface area (Å²) in [6.45, 7) is 0.777. The summed E-state index contributed by atoms with van der Waals surface area (Å²) >= 11 is 3.37. The molecule has 0 unspecified atom stereocenters. The minimum absolute atomic E-state index is 0.0776. The van der Waals surface area contributed by atoms with E-state index in [0.29, 0.717) is 6.04 Å². The molecule has 0 saturated heterocycles. The van der Waals surface area contributed by atoms with Gasteiger partial charge in [0.15, 0.2) is 0 Å². The quantitative estimate of drug-likeness (QED) is 0.893. The molecule has 4 nitrogen and oxygen atoms in total. The van der Waals surface area contributed by atoms with Crippen molar-refractivity contribution in [3.05, 3.63) is 28.5 Å². The summed E-state index contributed by atoms with van der Waals surface area (Å²) in [5, 5.41) is 3.49. The molecule has 1 saturated carbocycles. The molecule has 0 atom stereocenters. The van der Waals surface area contributed by atoms with Gasteiger partial charge in [-0.25, -0.2) is 0 Å². The van der Waals surface area contributed by atoms with Crippen molar-refractivity contribution in [2.75, 3.05) is 0 Å². The molecule has 1 aromatic heterocycles. The average Bonchev–Trinajstić information content (AvgIpc) is 2.38. The van der Waals surface area contributed by atoms with Crippen LogP contribution in [0.1, 0.15) is 31.4 Å². The third-order valence-corrected chi connectivity index (χ3v) is 3.96. The smallest absolute Gasteiger partial charge is 0.220 e. The number of nitrogens with two attached hydrogens (primary N) is 1.